The molecule has 1 atom stereocenters. The van der Waals surface area contributed by atoms with Gasteiger partial charge in [-0.05, 0) is 62.6 Å². The minimum Gasteiger partial charge on any atom is -0.439 e. The van der Waals surface area contributed by atoms with Crippen LogP contribution in [0.5, 0.6) is 11.6 Å². The number of hydrogen-bond donors (Lipinski definition) is 0. The summed E-state index contributed by atoms with van der Waals surface area (Å²) in [6.07, 6.45) is 9.00. The van der Waals surface area contributed by atoms with Crippen molar-refractivity contribution in [3.05, 3.63) is 90.3 Å². The molecule has 5 rings (SSSR count). The highest BCUT2D eigenvalue weighted by Gasteiger charge is 2.31. The molecule has 0 radical (unpaired) electrons. The number of carbonyl (C=O) groups excluding carboxylic acids is 1. The van der Waals surface area contributed by atoms with Gasteiger partial charge in [0, 0.05) is 48.0 Å². The molecule has 1 aliphatic heterocycles. The van der Waals surface area contributed by atoms with E-state index in [1.165, 1.54) is 18.5 Å². The largest absolute Gasteiger partial charge is 0.439 e. The number of amides is 1. The minimum absolute atomic E-state index is 0.110. The van der Waals surface area contributed by atoms with E-state index >= 15 is 0 Å². The molecule has 3 aromatic heterocycles. The number of carbonyl (C=O) groups is 1. The van der Waals surface area contributed by atoms with Crippen molar-refractivity contribution in [2.24, 2.45) is 0 Å². The molecule has 4 heterocycles. The van der Waals surface area contributed by atoms with Crippen LogP contribution in [0.4, 0.5) is 4.39 Å². The minimum atomic E-state index is -0.340. The van der Waals surface area contributed by atoms with Gasteiger partial charge in [-0.25, -0.2) is 19.3 Å². The molecule has 0 spiro atoms. The maximum atomic E-state index is 13.6. The first-order valence-electron chi connectivity index (χ1n) is 11.4. The zero-order valence-electron chi connectivity index (χ0n) is 19.1. The quantitative estimate of drug-likeness (QED) is 0.408. The number of likely N-dealkylation sites (tertiary alicyclic amines) is 1. The predicted octanol–water partition coefficient (Wildman–Crippen LogP) is 4.94. The lowest BCUT2D eigenvalue weighted by molar-refractivity contribution is 0.0598. The van der Waals surface area contributed by atoms with Gasteiger partial charge < -0.3 is 9.64 Å². The Hall–Kier alpha value is -4.27. The average Bonchev–Trinajstić information content (AvgIpc) is 2.90. The summed E-state index contributed by atoms with van der Waals surface area (Å²) in [4.78, 5) is 37.1. The fourth-order valence-corrected chi connectivity index (χ4v) is 4.15. The van der Waals surface area contributed by atoms with Gasteiger partial charge in [0.25, 0.3) is 5.91 Å². The Balaban J connectivity index is 1.42. The Morgan fingerprint density at radius 3 is 2.66 bits per heavy atom. The number of aromatic nitrogens is 5. The van der Waals surface area contributed by atoms with E-state index in [-0.39, 0.29) is 17.8 Å². The maximum Gasteiger partial charge on any atom is 0.254 e. The lowest BCUT2D eigenvalue weighted by atomic mass is 9.99. The van der Waals surface area contributed by atoms with Crippen LogP contribution >= 0.6 is 0 Å². The van der Waals surface area contributed by atoms with Crippen molar-refractivity contribution in [2.75, 3.05) is 6.54 Å². The Morgan fingerprint density at radius 2 is 1.86 bits per heavy atom. The Labute approximate surface area is 201 Å². The summed E-state index contributed by atoms with van der Waals surface area (Å²) in [7, 11) is 0. The number of ether oxygens (including phenoxy) is 1. The van der Waals surface area contributed by atoms with E-state index < -0.39 is 0 Å². The number of pyridine rings is 1. The van der Waals surface area contributed by atoms with E-state index in [4.69, 9.17) is 4.74 Å². The zero-order chi connectivity index (χ0) is 24.2. The molecule has 1 saturated heterocycles. The Bertz CT molecular complexity index is 1330. The number of aryl methyl sites for hydroxylation is 1. The van der Waals surface area contributed by atoms with E-state index in [1.807, 2.05) is 11.8 Å². The van der Waals surface area contributed by atoms with E-state index in [9.17, 15) is 9.18 Å². The third kappa shape index (κ3) is 5.13. The molecule has 0 bridgehead atoms. The molecule has 0 N–H and O–H groups in total. The van der Waals surface area contributed by atoms with Crippen LogP contribution in [0.1, 0.15) is 47.2 Å². The van der Waals surface area contributed by atoms with Crippen LogP contribution in [0, 0.1) is 12.7 Å². The summed E-state index contributed by atoms with van der Waals surface area (Å²) >= 11 is 0. The van der Waals surface area contributed by atoms with Gasteiger partial charge in [-0.3, -0.25) is 9.78 Å². The van der Waals surface area contributed by atoms with E-state index in [0.29, 0.717) is 35.3 Å². The monoisotopic (exact) mass is 470 g/mol. The smallest absolute Gasteiger partial charge is 0.254 e. The van der Waals surface area contributed by atoms with Crippen molar-refractivity contribution in [1.82, 2.24) is 29.8 Å². The van der Waals surface area contributed by atoms with Crippen LogP contribution in [-0.4, -0.2) is 42.3 Å². The van der Waals surface area contributed by atoms with Gasteiger partial charge in [-0.2, -0.15) is 4.98 Å². The number of piperidine rings is 1. The molecule has 0 aliphatic carbocycles. The van der Waals surface area contributed by atoms with Gasteiger partial charge in [0.15, 0.2) is 5.82 Å². The van der Waals surface area contributed by atoms with Gasteiger partial charge >= 0.3 is 0 Å². The standard InChI is InChI=1S/C26H23FN6O2/c1-17-12-24(35-21-7-5-20(27)6-8-21)32-25(31-17)23-4-2-3-11-33(23)26(34)18-9-10-30-22(13-18)19-14-28-16-29-15-19/h5-10,12-16,23H,2-4,11H2,1H3/t23-/m0/s1. The molecule has 8 nitrogen and oxygen atoms in total. The Kier molecular flexibility index (Phi) is 6.38. The topological polar surface area (TPSA) is 94.0 Å². The van der Waals surface area contributed by atoms with Crippen LogP contribution in [0.15, 0.2) is 67.4 Å². The molecule has 1 fully saturated rings. The fraction of sp³-hybridized carbons (Fsp3) is 0.231. The molecule has 1 aliphatic rings. The maximum absolute atomic E-state index is 13.6. The van der Waals surface area contributed by atoms with E-state index in [2.05, 4.69) is 24.9 Å². The second-order valence-corrected chi connectivity index (χ2v) is 8.33. The zero-order valence-corrected chi connectivity index (χ0v) is 19.1. The first kappa shape index (κ1) is 22.5. The molecule has 4 aromatic rings. The first-order valence-corrected chi connectivity index (χ1v) is 11.4. The summed E-state index contributed by atoms with van der Waals surface area (Å²) in [5.74, 6) is 0.906. The summed E-state index contributed by atoms with van der Waals surface area (Å²) in [5.41, 5.74) is 2.62. The second-order valence-electron chi connectivity index (χ2n) is 8.33. The first-order chi connectivity index (χ1) is 17.1. The lowest BCUT2D eigenvalue weighted by Crippen LogP contribution is -2.39. The van der Waals surface area contributed by atoms with Gasteiger partial charge in [-0.15, -0.1) is 0 Å². The molecule has 35 heavy (non-hydrogen) atoms. The third-order valence-corrected chi connectivity index (χ3v) is 5.81. The number of halogens is 1. The molecule has 9 heteroatoms. The van der Waals surface area contributed by atoms with Crippen molar-refractivity contribution < 1.29 is 13.9 Å². The van der Waals surface area contributed by atoms with Crippen LogP contribution in [0.2, 0.25) is 0 Å². The van der Waals surface area contributed by atoms with Crippen LogP contribution in [-0.2, 0) is 0 Å². The highest BCUT2D eigenvalue weighted by Crippen LogP contribution is 2.32. The fourth-order valence-electron chi connectivity index (χ4n) is 4.15. The molecule has 1 aromatic carbocycles. The molecule has 0 saturated carbocycles. The number of benzene rings is 1. The number of nitrogens with zero attached hydrogens (tertiary/aromatic N) is 6. The predicted molar refractivity (Wildman–Crippen MR) is 126 cm³/mol. The van der Waals surface area contributed by atoms with Crippen molar-refractivity contribution >= 4 is 5.91 Å². The molecular formula is C26H23FN6O2. The van der Waals surface area contributed by atoms with Gasteiger partial charge in [0.2, 0.25) is 5.88 Å². The molecule has 0 unspecified atom stereocenters. The second kappa shape index (κ2) is 9.92. The number of rotatable bonds is 5. The van der Waals surface area contributed by atoms with Gasteiger partial charge in [0.05, 0.1) is 11.7 Å². The normalized spacial score (nSPS) is 15.6. The van der Waals surface area contributed by atoms with Gasteiger partial charge in [-0.1, -0.05) is 0 Å². The Morgan fingerprint density at radius 1 is 1.06 bits per heavy atom. The van der Waals surface area contributed by atoms with Crippen molar-refractivity contribution in [1.29, 1.82) is 0 Å². The summed E-state index contributed by atoms with van der Waals surface area (Å²) in [6, 6.07) is 10.6. The van der Waals surface area contributed by atoms with Crippen LogP contribution in [0.25, 0.3) is 11.3 Å². The third-order valence-electron chi connectivity index (χ3n) is 5.81. The molecular weight excluding hydrogens is 447 g/mol. The number of hydrogen-bond acceptors (Lipinski definition) is 7. The molecule has 176 valence electrons. The SMILES string of the molecule is Cc1cc(Oc2ccc(F)cc2)nc([C@@H]2CCCCN2C(=O)c2ccnc(-c3cncnc3)c2)n1. The average molecular weight is 471 g/mol. The highest BCUT2D eigenvalue weighted by molar-refractivity contribution is 5.95. The lowest BCUT2D eigenvalue weighted by Gasteiger charge is -2.35. The summed E-state index contributed by atoms with van der Waals surface area (Å²) in [6.45, 7) is 2.45. The van der Waals surface area contributed by atoms with E-state index in [1.54, 1.807) is 48.9 Å². The highest BCUT2D eigenvalue weighted by atomic mass is 19.1. The van der Waals surface area contributed by atoms with Gasteiger partial charge in [0.1, 0.15) is 17.9 Å². The van der Waals surface area contributed by atoms with Crippen molar-refractivity contribution in [3.63, 3.8) is 0 Å². The summed E-state index contributed by atoms with van der Waals surface area (Å²) < 4.78 is 19.1. The molecule has 1 amide bonds. The van der Waals surface area contributed by atoms with Crippen molar-refractivity contribution in [3.8, 4) is 22.9 Å². The van der Waals surface area contributed by atoms with Crippen LogP contribution < -0.4 is 4.74 Å². The summed E-state index contributed by atoms with van der Waals surface area (Å²) in [5, 5.41) is 0. The van der Waals surface area contributed by atoms with Crippen LogP contribution in [0.3, 0.4) is 0 Å². The van der Waals surface area contributed by atoms with E-state index in [0.717, 1.165) is 30.5 Å². The van der Waals surface area contributed by atoms with Crippen molar-refractivity contribution in [2.45, 2.75) is 32.2 Å².